The lowest BCUT2D eigenvalue weighted by Crippen LogP contribution is -2.62. The van der Waals surface area contributed by atoms with Crippen LogP contribution in [0, 0.1) is 13.8 Å². The van der Waals surface area contributed by atoms with Crippen LogP contribution in [0.15, 0.2) is 66.7 Å². The summed E-state index contributed by atoms with van der Waals surface area (Å²) in [7, 11) is 0. The minimum absolute atomic E-state index is 0.0270. The van der Waals surface area contributed by atoms with Crippen molar-refractivity contribution in [2.24, 2.45) is 0 Å². The van der Waals surface area contributed by atoms with Gasteiger partial charge in [0.25, 0.3) is 0 Å². The molecule has 2 unspecified atom stereocenters. The number of aryl methyl sites for hydroxylation is 2. The largest absolute Gasteiger partial charge is 0.448 e. The Balaban J connectivity index is 1.22. The third-order valence-corrected chi connectivity index (χ3v) is 8.00. The highest BCUT2D eigenvalue weighted by Crippen LogP contribution is 2.45. The van der Waals surface area contributed by atoms with E-state index in [0.29, 0.717) is 32.7 Å². The summed E-state index contributed by atoms with van der Waals surface area (Å²) in [5.41, 5.74) is 7.01. The molecule has 1 aliphatic carbocycles. The van der Waals surface area contributed by atoms with E-state index in [-0.39, 0.29) is 24.1 Å². The van der Waals surface area contributed by atoms with E-state index >= 15 is 0 Å². The Bertz CT molecular complexity index is 1230. The zero-order valence-electron chi connectivity index (χ0n) is 20.2. The molecule has 2 atom stereocenters. The van der Waals surface area contributed by atoms with Gasteiger partial charge < -0.3 is 14.6 Å². The zero-order valence-corrected chi connectivity index (χ0v) is 20.2. The summed E-state index contributed by atoms with van der Waals surface area (Å²) in [6.07, 6.45) is 0.573. The van der Waals surface area contributed by atoms with Crippen molar-refractivity contribution >= 4 is 6.09 Å². The number of morpholine rings is 1. The molecule has 2 bridgehead atoms. The molecule has 35 heavy (non-hydrogen) atoms. The average molecular weight is 470 g/mol. The predicted octanol–water partition coefficient (Wildman–Crippen LogP) is 5.30. The predicted molar refractivity (Wildman–Crippen MR) is 134 cm³/mol. The Hall–Kier alpha value is -3.15. The Morgan fingerprint density at radius 2 is 1.57 bits per heavy atom. The van der Waals surface area contributed by atoms with Crippen molar-refractivity contribution in [3.63, 3.8) is 0 Å². The molecule has 2 fully saturated rings. The van der Waals surface area contributed by atoms with Gasteiger partial charge in [0.15, 0.2) is 0 Å². The average Bonchev–Trinajstić information content (AvgIpc) is 3.17. The first-order chi connectivity index (χ1) is 16.9. The number of benzene rings is 3. The molecule has 3 aliphatic rings. The van der Waals surface area contributed by atoms with E-state index in [9.17, 15) is 9.90 Å². The third kappa shape index (κ3) is 3.74. The van der Waals surface area contributed by atoms with E-state index in [1.54, 1.807) is 0 Å². The van der Waals surface area contributed by atoms with Crippen LogP contribution in [-0.2, 0) is 15.1 Å². The monoisotopic (exact) mass is 469 g/mol. The molecule has 0 radical (unpaired) electrons. The van der Waals surface area contributed by atoms with Crippen molar-refractivity contribution in [2.75, 3.05) is 19.8 Å². The lowest BCUT2D eigenvalue weighted by atomic mass is 9.75. The summed E-state index contributed by atoms with van der Waals surface area (Å²) < 4.78 is 11.8. The molecule has 0 saturated carbocycles. The van der Waals surface area contributed by atoms with Crippen molar-refractivity contribution in [2.45, 2.75) is 50.3 Å². The van der Waals surface area contributed by atoms with Gasteiger partial charge in [-0.1, -0.05) is 72.3 Å². The van der Waals surface area contributed by atoms with E-state index in [4.69, 9.17) is 9.47 Å². The summed E-state index contributed by atoms with van der Waals surface area (Å²) in [5.74, 6) is 0.0270. The first kappa shape index (κ1) is 22.3. The second-order valence-corrected chi connectivity index (χ2v) is 10.3. The number of ether oxygens (including phenoxy) is 2. The molecular weight excluding hydrogens is 438 g/mol. The van der Waals surface area contributed by atoms with Gasteiger partial charge in [-0.3, -0.25) is 4.90 Å². The maximum absolute atomic E-state index is 13.4. The lowest BCUT2D eigenvalue weighted by molar-refractivity contribution is -0.136. The second kappa shape index (κ2) is 8.51. The summed E-state index contributed by atoms with van der Waals surface area (Å²) in [6.45, 7) is 5.20. The minimum atomic E-state index is -0.977. The van der Waals surface area contributed by atoms with E-state index < -0.39 is 5.60 Å². The Kier molecular flexibility index (Phi) is 5.42. The fraction of sp³-hybridized carbons (Fsp3) is 0.367. The second-order valence-electron chi connectivity index (χ2n) is 10.3. The molecule has 180 valence electrons. The lowest BCUT2D eigenvalue weighted by Gasteiger charge is -2.51. The molecule has 5 heteroatoms. The molecule has 0 spiro atoms. The number of nitrogens with zero attached hydrogens (tertiary/aromatic N) is 1. The van der Waals surface area contributed by atoms with Crippen LogP contribution in [0.25, 0.3) is 11.1 Å². The van der Waals surface area contributed by atoms with E-state index in [1.807, 2.05) is 30.9 Å². The van der Waals surface area contributed by atoms with Gasteiger partial charge in [0, 0.05) is 18.8 Å². The standard InChI is InChI=1S/C30H31NO4/c1-19-11-12-20(2)28(13-19)30(33)14-21-16-34-17-22(15-30)31(21)29(32)35-18-27-25-9-5-3-7-23(25)24-8-4-6-10-26(24)27/h3-13,21-22,27,33H,14-18H2,1-2H3. The summed E-state index contributed by atoms with van der Waals surface area (Å²) in [4.78, 5) is 15.3. The number of rotatable bonds is 3. The number of amides is 1. The van der Waals surface area contributed by atoms with Gasteiger partial charge in [-0.25, -0.2) is 4.79 Å². The van der Waals surface area contributed by atoms with Crippen LogP contribution < -0.4 is 0 Å². The Morgan fingerprint density at radius 1 is 0.971 bits per heavy atom. The normalized spacial score (nSPS) is 25.2. The highest BCUT2D eigenvalue weighted by atomic mass is 16.6. The molecule has 2 heterocycles. The van der Waals surface area contributed by atoms with Gasteiger partial charge in [0.2, 0.25) is 0 Å². The quantitative estimate of drug-likeness (QED) is 0.565. The zero-order chi connectivity index (χ0) is 24.2. The molecule has 6 rings (SSSR count). The Labute approximate surface area is 206 Å². The molecule has 2 saturated heterocycles. The van der Waals surface area contributed by atoms with Crippen LogP contribution >= 0.6 is 0 Å². The number of piperidine rings is 1. The maximum Gasteiger partial charge on any atom is 0.410 e. The van der Waals surface area contributed by atoms with Crippen LogP contribution in [-0.4, -0.2) is 48.0 Å². The van der Waals surface area contributed by atoms with Crippen LogP contribution in [0.1, 0.15) is 46.6 Å². The van der Waals surface area contributed by atoms with Crippen LogP contribution in [0.5, 0.6) is 0 Å². The van der Waals surface area contributed by atoms with Crippen molar-refractivity contribution in [3.05, 3.63) is 94.5 Å². The van der Waals surface area contributed by atoms with Gasteiger partial charge in [-0.15, -0.1) is 0 Å². The fourth-order valence-electron chi connectivity index (χ4n) is 6.40. The van der Waals surface area contributed by atoms with Crippen LogP contribution in [0.2, 0.25) is 0 Å². The number of carbonyl (C=O) groups is 1. The molecule has 3 aromatic carbocycles. The smallest absolute Gasteiger partial charge is 0.410 e. The maximum atomic E-state index is 13.4. The number of hydrogen-bond donors (Lipinski definition) is 1. The van der Waals surface area contributed by atoms with Gasteiger partial charge >= 0.3 is 6.09 Å². The van der Waals surface area contributed by atoms with Crippen LogP contribution in [0.4, 0.5) is 4.79 Å². The minimum Gasteiger partial charge on any atom is -0.448 e. The molecule has 1 N–H and O–H groups in total. The number of hydrogen-bond acceptors (Lipinski definition) is 4. The molecule has 5 nitrogen and oxygen atoms in total. The van der Waals surface area contributed by atoms with Gasteiger partial charge in [-0.05, 0) is 47.2 Å². The molecule has 0 aromatic heterocycles. The Morgan fingerprint density at radius 3 is 2.20 bits per heavy atom. The number of carbonyl (C=O) groups excluding carboxylic acids is 1. The van der Waals surface area contributed by atoms with Crippen molar-refractivity contribution < 1.29 is 19.4 Å². The van der Waals surface area contributed by atoms with E-state index in [2.05, 4.69) is 54.6 Å². The van der Waals surface area contributed by atoms with Crippen molar-refractivity contribution in [1.29, 1.82) is 0 Å². The van der Waals surface area contributed by atoms with Crippen molar-refractivity contribution in [1.82, 2.24) is 4.90 Å². The van der Waals surface area contributed by atoms with Gasteiger partial charge in [0.05, 0.1) is 30.9 Å². The highest BCUT2D eigenvalue weighted by molar-refractivity contribution is 5.79. The topological polar surface area (TPSA) is 59.0 Å². The number of aliphatic hydroxyl groups is 1. The highest BCUT2D eigenvalue weighted by Gasteiger charge is 2.50. The van der Waals surface area contributed by atoms with E-state index in [0.717, 1.165) is 16.7 Å². The third-order valence-electron chi connectivity index (χ3n) is 8.00. The summed E-state index contributed by atoms with van der Waals surface area (Å²) in [5, 5.41) is 11.7. The van der Waals surface area contributed by atoms with E-state index in [1.165, 1.54) is 22.3 Å². The summed E-state index contributed by atoms with van der Waals surface area (Å²) in [6, 6.07) is 22.5. The van der Waals surface area contributed by atoms with Crippen molar-refractivity contribution in [3.8, 4) is 11.1 Å². The fourth-order valence-corrected chi connectivity index (χ4v) is 6.40. The van der Waals surface area contributed by atoms with Gasteiger partial charge in [0.1, 0.15) is 6.61 Å². The first-order valence-electron chi connectivity index (χ1n) is 12.5. The molecular formula is C30H31NO4. The molecule has 2 aliphatic heterocycles. The van der Waals surface area contributed by atoms with Gasteiger partial charge in [-0.2, -0.15) is 0 Å². The van der Waals surface area contributed by atoms with Crippen LogP contribution in [0.3, 0.4) is 0 Å². The summed E-state index contributed by atoms with van der Waals surface area (Å²) >= 11 is 0. The first-order valence-corrected chi connectivity index (χ1v) is 12.5. The SMILES string of the molecule is Cc1ccc(C)c(C2(O)CC3COCC(C2)N3C(=O)OCC2c3ccccc3-c3ccccc32)c1. The number of fused-ring (bicyclic) bond motifs is 5. The molecule has 1 amide bonds. The molecule has 3 aromatic rings.